The third-order valence-corrected chi connectivity index (χ3v) is 5.09. The Morgan fingerprint density at radius 1 is 1.30 bits per heavy atom. The minimum absolute atomic E-state index is 0.00282. The number of hydrogen-bond acceptors (Lipinski definition) is 5. The van der Waals surface area contributed by atoms with Crippen LogP contribution in [0.5, 0.6) is 0 Å². The quantitative estimate of drug-likeness (QED) is 0.349. The monoisotopic (exact) mass is 381 g/mol. The molecule has 8 heteroatoms. The van der Waals surface area contributed by atoms with Crippen LogP contribution in [0.2, 0.25) is 0 Å². The molecule has 2 aromatic rings. The number of imide groups is 1. The molecule has 0 spiro atoms. The van der Waals surface area contributed by atoms with E-state index in [1.807, 2.05) is 24.5 Å². The van der Waals surface area contributed by atoms with Crippen molar-refractivity contribution in [3.63, 3.8) is 0 Å². The standard InChI is InChI=1S/C19H15N3O4S/c1-4-8-20-18(23)17(27-19(20)24)10-14-9-12(2)21(13(14)3)15-6-5-7-16(11-15)22(25)26/h1,5-7,9-11H,8H2,2-3H3/b17-10+. The fourth-order valence-corrected chi connectivity index (χ4v) is 3.77. The Bertz CT molecular complexity index is 1050. The Balaban J connectivity index is 2.02. The molecule has 3 rings (SSSR count). The molecule has 0 atom stereocenters. The van der Waals surface area contributed by atoms with Crippen LogP contribution in [-0.2, 0) is 4.79 Å². The van der Waals surface area contributed by atoms with Gasteiger partial charge >= 0.3 is 0 Å². The van der Waals surface area contributed by atoms with Crippen LogP contribution >= 0.6 is 11.8 Å². The largest absolute Gasteiger partial charge is 0.318 e. The molecule has 1 aliphatic heterocycles. The summed E-state index contributed by atoms with van der Waals surface area (Å²) in [5, 5.41) is 10.6. The summed E-state index contributed by atoms with van der Waals surface area (Å²) >= 11 is 0.847. The topological polar surface area (TPSA) is 85.4 Å². The molecule has 0 N–H and O–H groups in total. The molecule has 1 aromatic carbocycles. The number of nitro groups is 1. The smallest absolute Gasteiger partial charge is 0.294 e. The molecule has 0 saturated carbocycles. The van der Waals surface area contributed by atoms with Crippen LogP contribution in [0.4, 0.5) is 10.5 Å². The van der Waals surface area contributed by atoms with Gasteiger partial charge in [0.25, 0.3) is 16.8 Å². The maximum absolute atomic E-state index is 12.3. The first-order valence-corrected chi connectivity index (χ1v) is 8.77. The first-order valence-electron chi connectivity index (χ1n) is 7.96. The Hall–Kier alpha value is -3.31. The highest BCUT2D eigenvalue weighted by atomic mass is 32.2. The number of nitrogens with zero attached hydrogens (tertiary/aromatic N) is 3. The van der Waals surface area contributed by atoms with Crippen molar-refractivity contribution >= 4 is 34.7 Å². The molecule has 1 aromatic heterocycles. The van der Waals surface area contributed by atoms with E-state index in [-0.39, 0.29) is 12.2 Å². The maximum atomic E-state index is 12.3. The van der Waals surface area contributed by atoms with Gasteiger partial charge in [-0.25, -0.2) is 0 Å². The van der Waals surface area contributed by atoms with E-state index in [1.54, 1.807) is 18.2 Å². The number of amides is 2. The highest BCUT2D eigenvalue weighted by molar-refractivity contribution is 8.18. The summed E-state index contributed by atoms with van der Waals surface area (Å²) in [6.07, 6.45) is 6.85. The molecular formula is C19H15N3O4S. The minimum atomic E-state index is -0.444. The number of rotatable bonds is 4. The fourth-order valence-electron chi connectivity index (χ4n) is 2.95. The second-order valence-corrected chi connectivity index (χ2v) is 6.90. The predicted molar refractivity (Wildman–Crippen MR) is 103 cm³/mol. The first-order chi connectivity index (χ1) is 12.8. The lowest BCUT2D eigenvalue weighted by molar-refractivity contribution is -0.384. The number of terminal acetylenes is 1. The summed E-state index contributed by atoms with van der Waals surface area (Å²) < 4.78 is 1.87. The van der Waals surface area contributed by atoms with Gasteiger partial charge in [-0.2, -0.15) is 0 Å². The average molecular weight is 381 g/mol. The van der Waals surface area contributed by atoms with E-state index in [9.17, 15) is 19.7 Å². The van der Waals surface area contributed by atoms with Crippen molar-refractivity contribution in [2.24, 2.45) is 0 Å². The molecule has 0 aliphatic carbocycles. The van der Waals surface area contributed by atoms with Crippen molar-refractivity contribution in [3.8, 4) is 18.0 Å². The van der Waals surface area contributed by atoms with Crippen LogP contribution in [0.3, 0.4) is 0 Å². The van der Waals surface area contributed by atoms with Gasteiger partial charge < -0.3 is 4.57 Å². The molecule has 2 amide bonds. The molecule has 7 nitrogen and oxygen atoms in total. The van der Waals surface area contributed by atoms with E-state index in [4.69, 9.17) is 6.42 Å². The van der Waals surface area contributed by atoms with Gasteiger partial charge in [-0.15, -0.1) is 6.42 Å². The van der Waals surface area contributed by atoms with Crippen molar-refractivity contribution in [1.29, 1.82) is 0 Å². The van der Waals surface area contributed by atoms with Crippen LogP contribution in [0.25, 0.3) is 11.8 Å². The average Bonchev–Trinajstić information content (AvgIpc) is 3.05. The normalized spacial score (nSPS) is 15.4. The van der Waals surface area contributed by atoms with Crippen molar-refractivity contribution in [2.75, 3.05) is 6.54 Å². The number of thioether (sulfide) groups is 1. The van der Waals surface area contributed by atoms with Gasteiger partial charge in [0.2, 0.25) is 0 Å². The van der Waals surface area contributed by atoms with Crippen molar-refractivity contribution < 1.29 is 14.5 Å². The lowest BCUT2D eigenvalue weighted by atomic mass is 10.2. The van der Waals surface area contributed by atoms with Gasteiger partial charge in [-0.1, -0.05) is 12.0 Å². The molecule has 0 bridgehead atoms. The van der Waals surface area contributed by atoms with E-state index in [0.29, 0.717) is 10.6 Å². The Labute approximate surface area is 159 Å². The van der Waals surface area contributed by atoms with Crippen molar-refractivity contribution in [1.82, 2.24) is 9.47 Å². The van der Waals surface area contributed by atoms with Gasteiger partial charge in [0.15, 0.2) is 0 Å². The van der Waals surface area contributed by atoms with E-state index < -0.39 is 16.1 Å². The zero-order valence-electron chi connectivity index (χ0n) is 14.6. The first kappa shape index (κ1) is 18.5. The van der Waals surface area contributed by atoms with Gasteiger partial charge in [0, 0.05) is 23.5 Å². The summed E-state index contributed by atoms with van der Waals surface area (Å²) in [6, 6.07) is 8.18. The third kappa shape index (κ3) is 3.37. The summed E-state index contributed by atoms with van der Waals surface area (Å²) in [6.45, 7) is 3.66. The van der Waals surface area contributed by atoms with Gasteiger partial charge in [-0.3, -0.25) is 24.6 Å². The van der Waals surface area contributed by atoms with Crippen LogP contribution in [0.15, 0.2) is 35.2 Å². The van der Waals surface area contributed by atoms with Gasteiger partial charge in [0.1, 0.15) is 0 Å². The van der Waals surface area contributed by atoms with Gasteiger partial charge in [0.05, 0.1) is 22.1 Å². The third-order valence-electron chi connectivity index (χ3n) is 4.18. The van der Waals surface area contributed by atoms with Crippen LogP contribution < -0.4 is 0 Å². The summed E-state index contributed by atoms with van der Waals surface area (Å²) in [5.41, 5.74) is 3.06. The zero-order chi connectivity index (χ0) is 19.7. The Kier molecular flexibility index (Phi) is 4.88. The highest BCUT2D eigenvalue weighted by Crippen LogP contribution is 2.33. The lowest BCUT2D eigenvalue weighted by Crippen LogP contribution is -2.28. The predicted octanol–water partition coefficient (Wildman–Crippen LogP) is 3.67. The van der Waals surface area contributed by atoms with E-state index >= 15 is 0 Å². The lowest BCUT2D eigenvalue weighted by Gasteiger charge is -2.09. The Morgan fingerprint density at radius 2 is 2.04 bits per heavy atom. The summed E-state index contributed by atoms with van der Waals surface area (Å²) in [7, 11) is 0. The molecule has 27 heavy (non-hydrogen) atoms. The molecule has 1 saturated heterocycles. The van der Waals surface area contributed by atoms with E-state index in [1.165, 1.54) is 12.1 Å². The summed E-state index contributed by atoms with van der Waals surface area (Å²) in [5.74, 6) is 1.89. The SMILES string of the molecule is C#CCN1C(=O)S/C(=C/c2cc(C)n(-c3cccc([N+](=O)[O-])c3)c2C)C1=O. The van der Waals surface area contributed by atoms with Crippen LogP contribution in [0, 0.1) is 36.3 Å². The van der Waals surface area contributed by atoms with E-state index in [2.05, 4.69) is 5.92 Å². The zero-order valence-corrected chi connectivity index (χ0v) is 15.4. The fraction of sp³-hybridized carbons (Fsp3) is 0.158. The molecule has 0 unspecified atom stereocenters. The second kappa shape index (κ2) is 7.13. The number of hydrogen-bond donors (Lipinski definition) is 0. The second-order valence-electron chi connectivity index (χ2n) is 5.91. The number of carbonyl (C=O) groups excluding carboxylic acids is 2. The summed E-state index contributed by atoms with van der Waals surface area (Å²) in [4.78, 5) is 36.2. The van der Waals surface area contributed by atoms with Crippen molar-refractivity contribution in [2.45, 2.75) is 13.8 Å². The molecule has 1 fully saturated rings. The molecular weight excluding hydrogens is 366 g/mol. The molecule has 0 radical (unpaired) electrons. The van der Waals surface area contributed by atoms with Crippen LogP contribution in [-0.4, -0.2) is 32.1 Å². The molecule has 1 aliphatic rings. The molecule has 2 heterocycles. The van der Waals surface area contributed by atoms with Gasteiger partial charge in [-0.05, 0) is 49.4 Å². The van der Waals surface area contributed by atoms with Crippen molar-refractivity contribution in [3.05, 3.63) is 62.3 Å². The number of non-ortho nitro benzene ring substituents is 1. The van der Waals surface area contributed by atoms with E-state index in [0.717, 1.165) is 33.6 Å². The maximum Gasteiger partial charge on any atom is 0.294 e. The van der Waals surface area contributed by atoms with Crippen LogP contribution in [0.1, 0.15) is 17.0 Å². The number of aryl methyl sites for hydroxylation is 1. The highest BCUT2D eigenvalue weighted by Gasteiger charge is 2.34. The Morgan fingerprint density at radius 3 is 2.70 bits per heavy atom. The number of benzene rings is 1. The minimum Gasteiger partial charge on any atom is -0.318 e. The molecule has 136 valence electrons. The number of nitro benzene ring substituents is 1. The number of carbonyl (C=O) groups is 2. The number of aromatic nitrogens is 1.